The van der Waals surface area contributed by atoms with Crippen molar-refractivity contribution < 1.29 is 19.4 Å². The van der Waals surface area contributed by atoms with Crippen LogP contribution in [0.3, 0.4) is 0 Å². The van der Waals surface area contributed by atoms with Gasteiger partial charge in [0.05, 0.1) is 0 Å². The molecule has 0 saturated heterocycles. The molecule has 0 fully saturated rings. The van der Waals surface area contributed by atoms with Crippen molar-refractivity contribution in [1.82, 2.24) is 5.32 Å². The topological polar surface area (TPSA) is 69.6 Å². The van der Waals surface area contributed by atoms with E-state index in [1.54, 1.807) is 0 Å². The second kappa shape index (κ2) is 5.31. The lowest BCUT2D eigenvalue weighted by Crippen LogP contribution is -2.26. The Labute approximate surface area is 86.4 Å². The predicted octanol–water partition coefficient (Wildman–Crippen LogP) is 0.643. The van der Waals surface area contributed by atoms with Crippen LogP contribution < -0.4 is 5.32 Å². The lowest BCUT2D eigenvalue weighted by Gasteiger charge is -2.06. The van der Waals surface area contributed by atoms with E-state index in [1.807, 2.05) is 0 Å². The first-order valence-electron chi connectivity index (χ1n) is 4.53. The largest absolute Gasteiger partial charge is 0.507 e. The summed E-state index contributed by atoms with van der Waals surface area (Å²) >= 11 is 0. The molecule has 1 amide bonds. The number of amides is 1. The lowest BCUT2D eigenvalue weighted by atomic mass is 10.1. The zero-order valence-corrected chi connectivity index (χ0v) is 8.03. The number of carbonyl (C=O) groups is 1. The number of benzene rings is 1. The van der Waals surface area contributed by atoms with Gasteiger partial charge in [-0.3, -0.25) is 4.79 Å². The van der Waals surface area contributed by atoms with Crippen molar-refractivity contribution in [2.24, 2.45) is 0 Å². The Hall–Kier alpha value is -1.62. The molecule has 0 aliphatic carbocycles. The van der Waals surface area contributed by atoms with Crippen molar-refractivity contribution in [3.63, 3.8) is 0 Å². The molecule has 15 heavy (non-hydrogen) atoms. The van der Waals surface area contributed by atoms with Crippen molar-refractivity contribution >= 4 is 5.91 Å². The van der Waals surface area contributed by atoms with Crippen molar-refractivity contribution in [3.8, 4) is 5.75 Å². The third-order valence-electron chi connectivity index (χ3n) is 1.84. The van der Waals surface area contributed by atoms with Gasteiger partial charge in [-0.1, -0.05) is 6.07 Å². The normalized spacial score (nSPS) is 10.0. The first-order valence-corrected chi connectivity index (χ1v) is 4.53. The minimum atomic E-state index is -0.767. The Balaban J connectivity index is 2.73. The van der Waals surface area contributed by atoms with Gasteiger partial charge < -0.3 is 15.5 Å². The predicted molar refractivity (Wildman–Crippen MR) is 52.1 cm³/mol. The molecule has 0 aromatic heterocycles. The first-order chi connectivity index (χ1) is 7.16. The number of aliphatic hydroxyl groups excluding tert-OH is 1. The number of hydrogen-bond donors (Lipinski definition) is 3. The molecule has 0 aliphatic heterocycles. The standard InChI is InChI=1S/C10H12FNO3/c11-7-3-1-4-8(14)9(7)10(15)12-5-2-6-13/h1,3-4,13-14H,2,5-6H2,(H,12,15). The van der Waals surface area contributed by atoms with Gasteiger partial charge in [-0.25, -0.2) is 4.39 Å². The van der Waals surface area contributed by atoms with Crippen molar-refractivity contribution in [1.29, 1.82) is 0 Å². The highest BCUT2D eigenvalue weighted by Gasteiger charge is 2.15. The van der Waals surface area contributed by atoms with E-state index in [0.717, 1.165) is 6.07 Å². The number of rotatable bonds is 4. The van der Waals surface area contributed by atoms with Gasteiger partial charge in [-0.2, -0.15) is 0 Å². The fraction of sp³-hybridized carbons (Fsp3) is 0.300. The molecule has 3 N–H and O–H groups in total. The number of phenols is 1. The summed E-state index contributed by atoms with van der Waals surface area (Å²) in [6.45, 7) is 0.187. The number of phenolic OH excluding ortho intramolecular Hbond substituents is 1. The van der Waals surface area contributed by atoms with Crippen LogP contribution in [0.15, 0.2) is 18.2 Å². The summed E-state index contributed by atoms with van der Waals surface area (Å²) in [5, 5.41) is 20.1. The summed E-state index contributed by atoms with van der Waals surface area (Å²) in [5.74, 6) is -1.84. The molecule has 4 nitrogen and oxygen atoms in total. The number of aromatic hydroxyl groups is 1. The number of carbonyl (C=O) groups excluding carboxylic acids is 1. The average molecular weight is 213 g/mol. The van der Waals surface area contributed by atoms with Gasteiger partial charge in [-0.15, -0.1) is 0 Å². The van der Waals surface area contributed by atoms with E-state index in [2.05, 4.69) is 5.32 Å². The highest BCUT2D eigenvalue weighted by molar-refractivity contribution is 5.97. The summed E-state index contributed by atoms with van der Waals surface area (Å²) in [7, 11) is 0. The maximum absolute atomic E-state index is 13.1. The molecule has 0 spiro atoms. The van der Waals surface area contributed by atoms with Crippen LogP contribution in [0, 0.1) is 5.82 Å². The Morgan fingerprint density at radius 2 is 2.20 bits per heavy atom. The molecule has 0 bridgehead atoms. The molecule has 0 radical (unpaired) electrons. The van der Waals surface area contributed by atoms with E-state index in [1.165, 1.54) is 12.1 Å². The molecule has 1 aromatic rings. The Morgan fingerprint density at radius 3 is 2.80 bits per heavy atom. The van der Waals surface area contributed by atoms with E-state index in [9.17, 15) is 14.3 Å². The Bertz CT molecular complexity index is 334. The van der Waals surface area contributed by atoms with Crippen molar-refractivity contribution in [2.45, 2.75) is 6.42 Å². The Kier molecular flexibility index (Phi) is 4.05. The SMILES string of the molecule is O=C(NCCCO)c1c(O)cccc1F. The third kappa shape index (κ3) is 2.92. The van der Waals surface area contributed by atoms with E-state index in [0.29, 0.717) is 6.42 Å². The smallest absolute Gasteiger partial charge is 0.258 e. The van der Waals surface area contributed by atoms with Crippen LogP contribution in [0.5, 0.6) is 5.75 Å². The van der Waals surface area contributed by atoms with E-state index in [-0.39, 0.29) is 18.7 Å². The van der Waals surface area contributed by atoms with Gasteiger partial charge in [0, 0.05) is 13.2 Å². The second-order valence-corrected chi connectivity index (χ2v) is 2.97. The van der Waals surface area contributed by atoms with Crippen molar-refractivity contribution in [3.05, 3.63) is 29.6 Å². The maximum Gasteiger partial charge on any atom is 0.258 e. The van der Waals surface area contributed by atoms with Gasteiger partial charge in [0.1, 0.15) is 17.1 Å². The number of halogens is 1. The molecule has 0 saturated carbocycles. The molecule has 5 heteroatoms. The maximum atomic E-state index is 13.1. The highest BCUT2D eigenvalue weighted by Crippen LogP contribution is 2.19. The van der Waals surface area contributed by atoms with E-state index >= 15 is 0 Å². The fourth-order valence-electron chi connectivity index (χ4n) is 1.11. The van der Waals surface area contributed by atoms with Crippen LogP contribution in [-0.4, -0.2) is 29.3 Å². The molecule has 0 aliphatic rings. The average Bonchev–Trinajstić information content (AvgIpc) is 2.18. The monoisotopic (exact) mass is 213 g/mol. The van der Waals surface area contributed by atoms with Gasteiger partial charge >= 0.3 is 0 Å². The van der Waals surface area contributed by atoms with Crippen LogP contribution in [0.1, 0.15) is 16.8 Å². The third-order valence-corrected chi connectivity index (χ3v) is 1.84. The highest BCUT2D eigenvalue weighted by atomic mass is 19.1. The summed E-state index contributed by atoms with van der Waals surface area (Å²) in [5.41, 5.74) is -0.365. The molecule has 0 heterocycles. The van der Waals surface area contributed by atoms with Crippen LogP contribution in [-0.2, 0) is 0 Å². The van der Waals surface area contributed by atoms with Crippen LogP contribution in [0.4, 0.5) is 4.39 Å². The van der Waals surface area contributed by atoms with Gasteiger partial charge in [0.15, 0.2) is 0 Å². The molecular formula is C10H12FNO3. The lowest BCUT2D eigenvalue weighted by molar-refractivity contribution is 0.0944. The Morgan fingerprint density at radius 1 is 1.47 bits per heavy atom. The van der Waals surface area contributed by atoms with Crippen molar-refractivity contribution in [2.75, 3.05) is 13.2 Å². The van der Waals surface area contributed by atoms with Crippen LogP contribution in [0.25, 0.3) is 0 Å². The van der Waals surface area contributed by atoms with Gasteiger partial charge in [-0.05, 0) is 18.6 Å². The quantitative estimate of drug-likeness (QED) is 0.643. The molecule has 1 aromatic carbocycles. The second-order valence-electron chi connectivity index (χ2n) is 2.97. The number of hydrogen-bond acceptors (Lipinski definition) is 3. The molecular weight excluding hydrogens is 201 g/mol. The fourth-order valence-corrected chi connectivity index (χ4v) is 1.11. The minimum absolute atomic E-state index is 0.0520. The first kappa shape index (κ1) is 11.5. The molecule has 82 valence electrons. The van der Waals surface area contributed by atoms with E-state index in [4.69, 9.17) is 5.11 Å². The van der Waals surface area contributed by atoms with Gasteiger partial charge in [0.2, 0.25) is 0 Å². The molecule has 0 unspecified atom stereocenters. The zero-order valence-electron chi connectivity index (χ0n) is 8.03. The number of aliphatic hydroxyl groups is 1. The number of nitrogens with one attached hydrogen (secondary N) is 1. The minimum Gasteiger partial charge on any atom is -0.507 e. The summed E-state index contributed by atoms with van der Waals surface area (Å²) in [6, 6.07) is 3.65. The van der Waals surface area contributed by atoms with E-state index < -0.39 is 17.5 Å². The summed E-state index contributed by atoms with van der Waals surface area (Å²) < 4.78 is 13.1. The summed E-state index contributed by atoms with van der Waals surface area (Å²) in [4.78, 5) is 11.4. The van der Waals surface area contributed by atoms with Crippen LogP contribution in [0.2, 0.25) is 0 Å². The summed E-state index contributed by atoms with van der Waals surface area (Å²) in [6.07, 6.45) is 0.390. The zero-order chi connectivity index (χ0) is 11.3. The molecule has 1 rings (SSSR count). The van der Waals surface area contributed by atoms with Gasteiger partial charge in [0.25, 0.3) is 5.91 Å². The molecule has 0 atom stereocenters. The van der Waals surface area contributed by atoms with Crippen LogP contribution >= 0.6 is 0 Å².